The van der Waals surface area contributed by atoms with E-state index in [1.165, 1.54) is 6.07 Å². The van der Waals surface area contributed by atoms with Crippen molar-refractivity contribution < 1.29 is 13.2 Å². The fourth-order valence-corrected chi connectivity index (χ4v) is 2.15. The van der Waals surface area contributed by atoms with Gasteiger partial charge in [0.15, 0.2) is 0 Å². The van der Waals surface area contributed by atoms with Gasteiger partial charge < -0.3 is 5.73 Å². The van der Waals surface area contributed by atoms with E-state index in [0.29, 0.717) is 22.3 Å². The first-order valence-corrected chi connectivity index (χ1v) is 6.27. The second-order valence-electron chi connectivity index (χ2n) is 3.77. The van der Waals surface area contributed by atoms with Crippen LogP contribution in [0.4, 0.5) is 18.9 Å². The van der Waals surface area contributed by atoms with Gasteiger partial charge in [0.05, 0.1) is 5.56 Å². The maximum Gasteiger partial charge on any atom is 0.416 e. The third kappa shape index (κ3) is 3.19. The van der Waals surface area contributed by atoms with E-state index in [2.05, 4.69) is 15.2 Å². The van der Waals surface area contributed by atoms with Gasteiger partial charge in [-0.1, -0.05) is 6.92 Å². The minimum Gasteiger partial charge on any atom is -0.398 e. The molecule has 0 aliphatic rings. The molecule has 4 nitrogen and oxygen atoms in total. The van der Waals surface area contributed by atoms with Crippen molar-refractivity contribution in [2.24, 2.45) is 0 Å². The number of hydrogen-bond donors (Lipinski definition) is 2. The fourth-order valence-electron chi connectivity index (χ4n) is 1.40. The zero-order chi connectivity index (χ0) is 14.0. The summed E-state index contributed by atoms with van der Waals surface area (Å²) >= 11 is 1.12. The molecule has 1 heterocycles. The van der Waals surface area contributed by atoms with E-state index in [9.17, 15) is 13.2 Å². The molecule has 0 amide bonds. The van der Waals surface area contributed by atoms with Crippen LogP contribution in [0.3, 0.4) is 0 Å². The lowest BCUT2D eigenvalue weighted by Crippen LogP contribution is -2.05. The lowest BCUT2D eigenvalue weighted by atomic mass is 10.2. The standard InChI is InChI=1S/C11H11F3N4S/c1-2-9-16-10(18-17-9)19-8-4-3-6(5-7(8)15)11(12,13)14/h3-5H,2,15H2,1H3,(H,16,17,18). The molecule has 8 heteroatoms. The zero-order valence-electron chi connectivity index (χ0n) is 9.95. The van der Waals surface area contributed by atoms with Gasteiger partial charge in [-0.15, -0.1) is 5.10 Å². The Labute approximate surface area is 111 Å². The van der Waals surface area contributed by atoms with Gasteiger partial charge in [0.2, 0.25) is 5.16 Å². The summed E-state index contributed by atoms with van der Waals surface area (Å²) in [7, 11) is 0. The number of aromatic amines is 1. The van der Waals surface area contributed by atoms with Crippen molar-refractivity contribution in [2.45, 2.75) is 29.6 Å². The summed E-state index contributed by atoms with van der Waals surface area (Å²) in [5.41, 5.74) is 4.91. The third-order valence-corrected chi connectivity index (χ3v) is 3.34. The van der Waals surface area contributed by atoms with Gasteiger partial charge in [-0.05, 0) is 30.0 Å². The molecule has 0 radical (unpaired) electrons. The summed E-state index contributed by atoms with van der Waals surface area (Å²) in [4.78, 5) is 4.65. The average Bonchev–Trinajstić information content (AvgIpc) is 2.78. The van der Waals surface area contributed by atoms with E-state index in [1.54, 1.807) is 0 Å². The Balaban J connectivity index is 2.22. The number of aromatic nitrogens is 3. The highest BCUT2D eigenvalue weighted by molar-refractivity contribution is 7.99. The van der Waals surface area contributed by atoms with Gasteiger partial charge in [-0.3, -0.25) is 5.10 Å². The molecule has 0 unspecified atom stereocenters. The Hall–Kier alpha value is -1.70. The molecule has 0 aliphatic carbocycles. The number of benzene rings is 1. The number of nitrogens with zero attached hydrogens (tertiary/aromatic N) is 2. The highest BCUT2D eigenvalue weighted by Gasteiger charge is 2.30. The fraction of sp³-hybridized carbons (Fsp3) is 0.273. The molecule has 1 aromatic carbocycles. The number of H-pyrrole nitrogens is 1. The number of nitrogen functional groups attached to an aromatic ring is 1. The summed E-state index contributed by atoms with van der Waals surface area (Å²) < 4.78 is 37.5. The number of alkyl halides is 3. The second-order valence-corrected chi connectivity index (χ2v) is 4.78. The summed E-state index contributed by atoms with van der Waals surface area (Å²) in [6, 6.07) is 3.23. The Morgan fingerprint density at radius 2 is 2.11 bits per heavy atom. The van der Waals surface area contributed by atoms with Crippen LogP contribution in [0.5, 0.6) is 0 Å². The van der Waals surface area contributed by atoms with E-state index >= 15 is 0 Å². The third-order valence-electron chi connectivity index (χ3n) is 2.38. The summed E-state index contributed by atoms with van der Waals surface area (Å²) in [6.07, 6.45) is -3.69. The van der Waals surface area contributed by atoms with E-state index in [4.69, 9.17) is 5.73 Å². The largest absolute Gasteiger partial charge is 0.416 e. The van der Waals surface area contributed by atoms with Crippen LogP contribution in [0.15, 0.2) is 28.3 Å². The molecular formula is C11H11F3N4S. The monoisotopic (exact) mass is 288 g/mol. The molecule has 0 spiro atoms. The van der Waals surface area contributed by atoms with Crippen molar-refractivity contribution in [3.8, 4) is 0 Å². The van der Waals surface area contributed by atoms with Gasteiger partial charge in [-0.25, -0.2) is 4.98 Å². The predicted molar refractivity (Wildman–Crippen MR) is 65.7 cm³/mol. The minimum absolute atomic E-state index is 0.0580. The van der Waals surface area contributed by atoms with E-state index < -0.39 is 11.7 Å². The van der Waals surface area contributed by atoms with Crippen molar-refractivity contribution in [2.75, 3.05) is 5.73 Å². The number of hydrogen-bond acceptors (Lipinski definition) is 4. The zero-order valence-corrected chi connectivity index (χ0v) is 10.8. The summed E-state index contributed by atoms with van der Waals surface area (Å²) in [5.74, 6) is 0.716. The number of anilines is 1. The van der Waals surface area contributed by atoms with Crippen LogP contribution in [0.2, 0.25) is 0 Å². The van der Waals surface area contributed by atoms with Gasteiger partial charge in [-0.2, -0.15) is 13.2 Å². The lowest BCUT2D eigenvalue weighted by molar-refractivity contribution is -0.137. The Morgan fingerprint density at radius 1 is 1.37 bits per heavy atom. The van der Waals surface area contributed by atoms with Crippen LogP contribution >= 0.6 is 11.8 Å². The molecule has 19 heavy (non-hydrogen) atoms. The van der Waals surface area contributed by atoms with Crippen molar-refractivity contribution >= 4 is 17.4 Å². The first kappa shape index (κ1) is 13.7. The molecule has 0 bridgehead atoms. The maximum atomic E-state index is 12.5. The summed E-state index contributed by atoms with van der Waals surface area (Å²) in [5, 5.41) is 7.11. The van der Waals surface area contributed by atoms with Crippen LogP contribution in [0, 0.1) is 0 Å². The van der Waals surface area contributed by atoms with Crippen molar-refractivity contribution in [3.05, 3.63) is 29.6 Å². The highest BCUT2D eigenvalue weighted by atomic mass is 32.2. The Morgan fingerprint density at radius 3 is 2.63 bits per heavy atom. The van der Waals surface area contributed by atoms with Crippen molar-refractivity contribution in [3.63, 3.8) is 0 Å². The predicted octanol–water partition coefficient (Wildman–Crippen LogP) is 3.12. The number of halogens is 3. The Bertz CT molecular complexity index is 580. The Kier molecular flexibility index (Phi) is 3.70. The first-order chi connectivity index (χ1) is 8.90. The molecule has 0 saturated carbocycles. The first-order valence-electron chi connectivity index (χ1n) is 5.46. The molecule has 0 saturated heterocycles. The lowest BCUT2D eigenvalue weighted by Gasteiger charge is -2.09. The van der Waals surface area contributed by atoms with Gasteiger partial charge in [0, 0.05) is 17.0 Å². The van der Waals surface area contributed by atoms with Gasteiger partial charge in [0.25, 0.3) is 0 Å². The highest BCUT2D eigenvalue weighted by Crippen LogP contribution is 2.35. The number of rotatable bonds is 3. The molecule has 102 valence electrons. The maximum absolute atomic E-state index is 12.5. The SMILES string of the molecule is CCc1nc(Sc2ccc(C(F)(F)F)cc2N)n[nH]1. The van der Waals surface area contributed by atoms with Crippen molar-refractivity contribution in [1.82, 2.24) is 15.2 Å². The quantitative estimate of drug-likeness (QED) is 0.851. The second kappa shape index (κ2) is 5.12. The van der Waals surface area contributed by atoms with Crippen LogP contribution in [0.1, 0.15) is 18.3 Å². The molecule has 0 aliphatic heterocycles. The average molecular weight is 288 g/mol. The molecule has 2 rings (SSSR count). The number of nitrogens with one attached hydrogen (secondary N) is 1. The van der Waals surface area contributed by atoms with Crippen molar-refractivity contribution in [1.29, 1.82) is 0 Å². The van der Waals surface area contributed by atoms with Crippen LogP contribution in [-0.2, 0) is 12.6 Å². The van der Waals surface area contributed by atoms with E-state index in [1.807, 2.05) is 6.92 Å². The molecule has 0 fully saturated rings. The molecular weight excluding hydrogens is 277 g/mol. The number of aryl methyl sites for hydroxylation is 1. The molecule has 1 aromatic heterocycles. The molecule has 2 aromatic rings. The van der Waals surface area contributed by atoms with Crippen LogP contribution in [0.25, 0.3) is 0 Å². The normalized spacial score (nSPS) is 11.8. The smallest absolute Gasteiger partial charge is 0.398 e. The number of nitrogens with two attached hydrogens (primary N) is 1. The van der Waals surface area contributed by atoms with E-state index in [-0.39, 0.29) is 5.69 Å². The minimum atomic E-state index is -4.39. The van der Waals surface area contributed by atoms with E-state index in [0.717, 1.165) is 23.9 Å². The van der Waals surface area contributed by atoms with Gasteiger partial charge in [0.1, 0.15) is 5.82 Å². The molecule has 0 atom stereocenters. The van der Waals surface area contributed by atoms with Crippen LogP contribution < -0.4 is 5.73 Å². The molecule has 3 N–H and O–H groups in total. The summed E-state index contributed by atoms with van der Waals surface area (Å²) in [6.45, 7) is 1.92. The van der Waals surface area contributed by atoms with Crippen LogP contribution in [-0.4, -0.2) is 15.2 Å². The topological polar surface area (TPSA) is 67.6 Å². The van der Waals surface area contributed by atoms with Gasteiger partial charge >= 0.3 is 6.18 Å².